The summed E-state index contributed by atoms with van der Waals surface area (Å²) in [7, 11) is 1.50. The lowest BCUT2D eigenvalue weighted by Crippen LogP contribution is -2.31. The summed E-state index contributed by atoms with van der Waals surface area (Å²) in [6.07, 6.45) is 0. The van der Waals surface area contributed by atoms with Crippen LogP contribution >= 0.6 is 11.6 Å². The molecule has 0 aromatic heterocycles. The fourth-order valence-electron chi connectivity index (χ4n) is 4.30. The molecule has 0 fully saturated rings. The maximum atomic E-state index is 13.1. The fourth-order valence-corrected chi connectivity index (χ4v) is 4.43. The normalized spacial score (nSPS) is 14.7. The summed E-state index contributed by atoms with van der Waals surface area (Å²) in [5, 5.41) is 15.6. The van der Waals surface area contributed by atoms with E-state index in [2.05, 4.69) is 11.4 Å². The first kappa shape index (κ1) is 21.6. The summed E-state index contributed by atoms with van der Waals surface area (Å²) in [6, 6.07) is 28.3. The SMILES string of the molecule is COc1ccccc1C(=O)NC1=C(C#N)[C@@H](c2ccc(Cl)cc2)c2c(ccc3ccccc23)O1. The van der Waals surface area contributed by atoms with E-state index in [1.165, 1.54) is 7.11 Å². The standard InChI is InChI=1S/C28H19ClN2O3/c1-33-23-9-5-4-8-21(23)27(32)31-28-22(16-30)25(18-10-13-19(29)14-11-18)26-20-7-3-2-6-17(20)12-15-24(26)34-28/h2-15,25H,1H3,(H,31,32)/t25-/m1/s1. The van der Waals surface area contributed by atoms with Gasteiger partial charge in [0.05, 0.1) is 18.6 Å². The molecule has 0 unspecified atom stereocenters. The number of methoxy groups -OCH3 is 1. The van der Waals surface area contributed by atoms with E-state index in [-0.39, 0.29) is 5.88 Å². The summed E-state index contributed by atoms with van der Waals surface area (Å²) in [5.41, 5.74) is 2.37. The molecule has 0 spiro atoms. The molecule has 1 amide bonds. The molecule has 6 heteroatoms. The van der Waals surface area contributed by atoms with Crippen molar-refractivity contribution in [3.63, 3.8) is 0 Å². The molecule has 1 N–H and O–H groups in total. The Morgan fingerprint density at radius 1 is 1.00 bits per heavy atom. The van der Waals surface area contributed by atoms with Crippen molar-refractivity contribution < 1.29 is 14.3 Å². The molecule has 0 radical (unpaired) electrons. The lowest BCUT2D eigenvalue weighted by molar-refractivity contribution is 0.0944. The monoisotopic (exact) mass is 466 g/mol. The van der Waals surface area contributed by atoms with Gasteiger partial charge in [-0.25, -0.2) is 0 Å². The molecule has 5 rings (SSSR count). The molecule has 0 aliphatic carbocycles. The number of benzene rings is 4. The number of rotatable bonds is 4. The predicted molar refractivity (Wildman–Crippen MR) is 131 cm³/mol. The Bertz CT molecular complexity index is 1490. The molecule has 1 atom stereocenters. The molecule has 4 aromatic rings. The van der Waals surface area contributed by atoms with Crippen molar-refractivity contribution in [2.24, 2.45) is 0 Å². The first-order valence-electron chi connectivity index (χ1n) is 10.6. The second kappa shape index (κ2) is 8.93. The topological polar surface area (TPSA) is 71.3 Å². The molecule has 0 saturated heterocycles. The number of amides is 1. The van der Waals surface area contributed by atoms with Gasteiger partial charge in [0.25, 0.3) is 5.91 Å². The van der Waals surface area contributed by atoms with Crippen LogP contribution in [0.15, 0.2) is 96.4 Å². The van der Waals surface area contributed by atoms with Gasteiger partial charge in [-0.1, -0.05) is 66.2 Å². The minimum absolute atomic E-state index is 0.0983. The Kier molecular flexibility index (Phi) is 5.67. The second-order valence-corrected chi connectivity index (χ2v) is 8.23. The molecule has 1 heterocycles. The molecule has 0 saturated carbocycles. The second-order valence-electron chi connectivity index (χ2n) is 7.79. The Balaban J connectivity index is 1.68. The molecule has 4 aromatic carbocycles. The summed E-state index contributed by atoms with van der Waals surface area (Å²) in [5.74, 6) is 0.217. The summed E-state index contributed by atoms with van der Waals surface area (Å²) in [6.45, 7) is 0. The Morgan fingerprint density at radius 2 is 1.74 bits per heavy atom. The summed E-state index contributed by atoms with van der Waals surface area (Å²) < 4.78 is 11.5. The molecule has 166 valence electrons. The Morgan fingerprint density at radius 3 is 2.50 bits per heavy atom. The third-order valence-electron chi connectivity index (χ3n) is 5.87. The molecular weight excluding hydrogens is 448 g/mol. The lowest BCUT2D eigenvalue weighted by Gasteiger charge is -2.29. The highest BCUT2D eigenvalue weighted by Crippen LogP contribution is 2.46. The van der Waals surface area contributed by atoms with Crippen molar-refractivity contribution in [3.8, 4) is 17.6 Å². The third-order valence-corrected chi connectivity index (χ3v) is 6.12. The van der Waals surface area contributed by atoms with Crippen LogP contribution in [0.5, 0.6) is 11.5 Å². The van der Waals surface area contributed by atoms with Crippen LogP contribution in [0.3, 0.4) is 0 Å². The summed E-state index contributed by atoms with van der Waals surface area (Å²) in [4.78, 5) is 13.1. The van der Waals surface area contributed by atoms with E-state index in [4.69, 9.17) is 21.1 Å². The third kappa shape index (κ3) is 3.75. The van der Waals surface area contributed by atoms with Gasteiger partial charge in [0.15, 0.2) is 0 Å². The van der Waals surface area contributed by atoms with E-state index < -0.39 is 11.8 Å². The van der Waals surface area contributed by atoms with Crippen LogP contribution < -0.4 is 14.8 Å². The fraction of sp³-hybridized carbons (Fsp3) is 0.0714. The molecular formula is C28H19ClN2O3. The molecule has 1 aliphatic heterocycles. The van der Waals surface area contributed by atoms with Crippen molar-refractivity contribution in [2.75, 3.05) is 7.11 Å². The van der Waals surface area contributed by atoms with Crippen LogP contribution in [-0.4, -0.2) is 13.0 Å². The number of ether oxygens (including phenoxy) is 2. The van der Waals surface area contributed by atoms with E-state index in [0.29, 0.717) is 27.7 Å². The molecule has 5 nitrogen and oxygen atoms in total. The van der Waals surface area contributed by atoms with Gasteiger partial charge in [-0.3, -0.25) is 10.1 Å². The first-order valence-corrected chi connectivity index (χ1v) is 11.0. The number of carbonyl (C=O) groups is 1. The Hall–Kier alpha value is -4.27. The number of allylic oxidation sites excluding steroid dienone is 1. The maximum absolute atomic E-state index is 13.1. The van der Waals surface area contributed by atoms with Gasteiger partial charge in [-0.2, -0.15) is 5.26 Å². The number of nitriles is 1. The summed E-state index contributed by atoms with van der Waals surface area (Å²) >= 11 is 6.14. The van der Waals surface area contributed by atoms with Crippen LogP contribution in [0, 0.1) is 11.3 Å². The van der Waals surface area contributed by atoms with Gasteiger partial charge in [0, 0.05) is 10.6 Å². The number of fused-ring (bicyclic) bond motifs is 3. The molecule has 1 aliphatic rings. The zero-order chi connectivity index (χ0) is 23.7. The maximum Gasteiger partial charge on any atom is 0.261 e. The number of hydrogen-bond acceptors (Lipinski definition) is 4. The first-order chi connectivity index (χ1) is 16.6. The minimum Gasteiger partial charge on any atom is -0.496 e. The largest absolute Gasteiger partial charge is 0.496 e. The van der Waals surface area contributed by atoms with Gasteiger partial charge in [-0.15, -0.1) is 0 Å². The number of para-hydroxylation sites is 1. The van der Waals surface area contributed by atoms with Crippen LogP contribution in [0.2, 0.25) is 5.02 Å². The van der Waals surface area contributed by atoms with E-state index >= 15 is 0 Å². The van der Waals surface area contributed by atoms with Crippen molar-refractivity contribution in [1.82, 2.24) is 5.32 Å². The van der Waals surface area contributed by atoms with E-state index in [0.717, 1.165) is 21.9 Å². The van der Waals surface area contributed by atoms with Crippen LogP contribution in [0.4, 0.5) is 0 Å². The van der Waals surface area contributed by atoms with Gasteiger partial charge in [0.1, 0.15) is 23.1 Å². The van der Waals surface area contributed by atoms with Crippen LogP contribution in [0.25, 0.3) is 10.8 Å². The smallest absolute Gasteiger partial charge is 0.261 e. The highest BCUT2D eigenvalue weighted by Gasteiger charge is 2.34. The highest BCUT2D eigenvalue weighted by atomic mass is 35.5. The van der Waals surface area contributed by atoms with Gasteiger partial charge >= 0.3 is 0 Å². The van der Waals surface area contributed by atoms with Crippen molar-refractivity contribution >= 4 is 28.3 Å². The lowest BCUT2D eigenvalue weighted by atomic mass is 9.81. The van der Waals surface area contributed by atoms with E-state index in [9.17, 15) is 10.1 Å². The van der Waals surface area contributed by atoms with Gasteiger partial charge in [-0.05, 0) is 46.7 Å². The minimum atomic E-state index is -0.454. The predicted octanol–water partition coefficient (Wildman–Crippen LogP) is 6.19. The van der Waals surface area contributed by atoms with Crippen molar-refractivity contribution in [2.45, 2.75) is 5.92 Å². The Labute approximate surface area is 201 Å². The van der Waals surface area contributed by atoms with Crippen molar-refractivity contribution in [1.29, 1.82) is 5.26 Å². The number of carbonyl (C=O) groups excluding carboxylic acids is 1. The zero-order valence-corrected chi connectivity index (χ0v) is 19.0. The zero-order valence-electron chi connectivity index (χ0n) is 18.2. The number of nitrogens with one attached hydrogen (secondary N) is 1. The van der Waals surface area contributed by atoms with Crippen LogP contribution in [0.1, 0.15) is 27.4 Å². The average molecular weight is 467 g/mol. The van der Waals surface area contributed by atoms with E-state index in [1.54, 1.807) is 36.4 Å². The van der Waals surface area contributed by atoms with Crippen molar-refractivity contribution in [3.05, 3.63) is 118 Å². The number of halogens is 1. The average Bonchev–Trinajstić information content (AvgIpc) is 2.88. The van der Waals surface area contributed by atoms with E-state index in [1.807, 2.05) is 48.5 Å². The quantitative estimate of drug-likeness (QED) is 0.389. The van der Waals surface area contributed by atoms with Gasteiger partial charge in [0.2, 0.25) is 5.88 Å². The molecule has 0 bridgehead atoms. The number of hydrogen-bond donors (Lipinski definition) is 1. The molecule has 34 heavy (non-hydrogen) atoms. The van der Waals surface area contributed by atoms with Crippen LogP contribution in [-0.2, 0) is 0 Å². The van der Waals surface area contributed by atoms with Gasteiger partial charge < -0.3 is 9.47 Å². The highest BCUT2D eigenvalue weighted by molar-refractivity contribution is 6.30. The number of nitrogens with zero attached hydrogens (tertiary/aromatic N) is 1.